The fraction of sp³-hybridized carbons (Fsp3) is 0.333. The highest BCUT2D eigenvalue weighted by Crippen LogP contribution is 2.28. The summed E-state index contributed by atoms with van der Waals surface area (Å²) in [5, 5.41) is 2.75. The van der Waals surface area contributed by atoms with Gasteiger partial charge in [-0.2, -0.15) is 0 Å². The predicted octanol–water partition coefficient (Wildman–Crippen LogP) is 3.00. The summed E-state index contributed by atoms with van der Waals surface area (Å²) < 4.78 is 15.7. The van der Waals surface area contributed by atoms with E-state index in [1.807, 2.05) is 25.1 Å². The first-order chi connectivity index (χ1) is 13.1. The van der Waals surface area contributed by atoms with E-state index >= 15 is 0 Å². The molecule has 144 valence electrons. The van der Waals surface area contributed by atoms with Gasteiger partial charge in [-0.3, -0.25) is 4.79 Å². The lowest BCUT2D eigenvalue weighted by molar-refractivity contribution is -0.124. The summed E-state index contributed by atoms with van der Waals surface area (Å²) in [6.45, 7) is 2.50. The maximum absolute atomic E-state index is 12.1. The second-order valence-corrected chi connectivity index (χ2v) is 5.81. The predicted molar refractivity (Wildman–Crippen MR) is 102 cm³/mol. The Morgan fingerprint density at radius 1 is 1.04 bits per heavy atom. The maximum Gasteiger partial charge on any atom is 0.338 e. The van der Waals surface area contributed by atoms with Crippen molar-refractivity contribution in [2.45, 2.75) is 19.8 Å². The van der Waals surface area contributed by atoms with Crippen LogP contribution >= 0.6 is 0 Å². The van der Waals surface area contributed by atoms with Gasteiger partial charge in [-0.1, -0.05) is 30.3 Å². The number of carbonyl (C=O) groups excluding carboxylic acids is 2. The Labute approximate surface area is 159 Å². The van der Waals surface area contributed by atoms with Gasteiger partial charge in [0.05, 0.1) is 19.3 Å². The van der Waals surface area contributed by atoms with Crippen molar-refractivity contribution in [3.05, 3.63) is 59.7 Å². The van der Waals surface area contributed by atoms with Crippen molar-refractivity contribution in [1.29, 1.82) is 0 Å². The van der Waals surface area contributed by atoms with Crippen LogP contribution in [0.15, 0.2) is 48.5 Å². The molecule has 27 heavy (non-hydrogen) atoms. The third-order valence-electron chi connectivity index (χ3n) is 3.84. The molecule has 0 aromatic heterocycles. The van der Waals surface area contributed by atoms with E-state index in [2.05, 4.69) is 17.4 Å². The molecule has 0 saturated heterocycles. The normalized spacial score (nSPS) is 10.1. The van der Waals surface area contributed by atoms with Gasteiger partial charge >= 0.3 is 5.97 Å². The molecule has 6 nitrogen and oxygen atoms in total. The van der Waals surface area contributed by atoms with Crippen molar-refractivity contribution in [2.75, 3.05) is 26.9 Å². The Bertz CT molecular complexity index is 745. The minimum Gasteiger partial charge on any atom is -0.493 e. The fourth-order valence-electron chi connectivity index (χ4n) is 2.50. The van der Waals surface area contributed by atoms with Crippen LogP contribution in [0.25, 0.3) is 0 Å². The number of esters is 1. The van der Waals surface area contributed by atoms with Crippen molar-refractivity contribution in [3.8, 4) is 11.5 Å². The van der Waals surface area contributed by atoms with Crippen LogP contribution in [0.3, 0.4) is 0 Å². The molecule has 0 atom stereocenters. The lowest BCUT2D eigenvalue weighted by Gasteiger charge is -2.11. The second kappa shape index (κ2) is 10.9. The van der Waals surface area contributed by atoms with Gasteiger partial charge in [0, 0.05) is 6.54 Å². The van der Waals surface area contributed by atoms with Crippen LogP contribution in [0.4, 0.5) is 0 Å². The van der Waals surface area contributed by atoms with Crippen LogP contribution in [-0.2, 0) is 16.0 Å². The minimum absolute atomic E-state index is 0.302. The number of amides is 1. The first-order valence-electron chi connectivity index (χ1n) is 8.92. The van der Waals surface area contributed by atoms with Gasteiger partial charge < -0.3 is 19.5 Å². The maximum atomic E-state index is 12.1. The first kappa shape index (κ1) is 20.3. The molecule has 0 bridgehead atoms. The Morgan fingerprint density at radius 2 is 1.81 bits per heavy atom. The summed E-state index contributed by atoms with van der Waals surface area (Å²) >= 11 is 0. The molecule has 2 aromatic rings. The Hall–Kier alpha value is -3.02. The summed E-state index contributed by atoms with van der Waals surface area (Å²) in [4.78, 5) is 23.9. The Morgan fingerprint density at radius 3 is 2.52 bits per heavy atom. The zero-order valence-electron chi connectivity index (χ0n) is 15.7. The lowest BCUT2D eigenvalue weighted by Crippen LogP contribution is -2.29. The van der Waals surface area contributed by atoms with Gasteiger partial charge in [0.1, 0.15) is 0 Å². The Kier molecular flexibility index (Phi) is 8.16. The second-order valence-electron chi connectivity index (χ2n) is 5.81. The van der Waals surface area contributed by atoms with Crippen molar-refractivity contribution >= 4 is 11.9 Å². The van der Waals surface area contributed by atoms with Gasteiger partial charge in [-0.25, -0.2) is 4.79 Å². The van der Waals surface area contributed by atoms with Crippen LogP contribution in [-0.4, -0.2) is 38.7 Å². The molecule has 0 aliphatic carbocycles. The third kappa shape index (κ3) is 6.66. The van der Waals surface area contributed by atoms with Gasteiger partial charge in [0.15, 0.2) is 18.1 Å². The molecule has 0 aliphatic rings. The highest BCUT2D eigenvalue weighted by Gasteiger charge is 2.13. The van der Waals surface area contributed by atoms with E-state index in [-0.39, 0.29) is 12.5 Å². The monoisotopic (exact) mass is 371 g/mol. The SMILES string of the molecule is CCOc1cc(C(=O)OCC(=O)NCCCc2ccccc2)ccc1OC. The van der Waals surface area contributed by atoms with E-state index in [9.17, 15) is 9.59 Å². The van der Waals surface area contributed by atoms with Crippen molar-refractivity contribution in [2.24, 2.45) is 0 Å². The van der Waals surface area contributed by atoms with Gasteiger partial charge in [-0.05, 0) is 43.5 Å². The van der Waals surface area contributed by atoms with Crippen molar-refractivity contribution < 1.29 is 23.8 Å². The van der Waals surface area contributed by atoms with Crippen LogP contribution in [0.1, 0.15) is 29.3 Å². The number of methoxy groups -OCH3 is 1. The van der Waals surface area contributed by atoms with E-state index in [4.69, 9.17) is 14.2 Å². The number of ether oxygens (including phenoxy) is 3. The largest absolute Gasteiger partial charge is 0.493 e. The van der Waals surface area contributed by atoms with Crippen molar-refractivity contribution in [1.82, 2.24) is 5.32 Å². The summed E-state index contributed by atoms with van der Waals surface area (Å²) in [5.74, 6) is 0.0809. The molecule has 0 spiro atoms. The molecule has 0 unspecified atom stereocenters. The number of benzene rings is 2. The van der Waals surface area contributed by atoms with Crippen LogP contribution < -0.4 is 14.8 Å². The topological polar surface area (TPSA) is 73.9 Å². The zero-order valence-corrected chi connectivity index (χ0v) is 15.7. The first-order valence-corrected chi connectivity index (χ1v) is 8.92. The van der Waals surface area contributed by atoms with E-state index in [0.29, 0.717) is 30.2 Å². The van der Waals surface area contributed by atoms with E-state index in [1.54, 1.807) is 18.2 Å². The lowest BCUT2D eigenvalue weighted by atomic mass is 10.1. The molecular weight excluding hydrogens is 346 g/mol. The number of aryl methyl sites for hydroxylation is 1. The smallest absolute Gasteiger partial charge is 0.338 e. The average Bonchev–Trinajstić information content (AvgIpc) is 2.70. The van der Waals surface area contributed by atoms with Crippen LogP contribution in [0.5, 0.6) is 11.5 Å². The minimum atomic E-state index is -0.585. The zero-order chi connectivity index (χ0) is 19.5. The number of hydrogen-bond donors (Lipinski definition) is 1. The Balaban J connectivity index is 1.74. The molecule has 2 rings (SSSR count). The molecule has 0 radical (unpaired) electrons. The van der Waals surface area contributed by atoms with Gasteiger partial charge in [-0.15, -0.1) is 0 Å². The summed E-state index contributed by atoms with van der Waals surface area (Å²) in [6, 6.07) is 14.8. The van der Waals surface area contributed by atoms with E-state index < -0.39 is 5.97 Å². The van der Waals surface area contributed by atoms with Gasteiger partial charge in [0.25, 0.3) is 5.91 Å². The number of hydrogen-bond acceptors (Lipinski definition) is 5. The molecule has 2 aromatic carbocycles. The molecule has 6 heteroatoms. The summed E-state index contributed by atoms with van der Waals surface area (Å²) in [5.41, 5.74) is 1.53. The van der Waals surface area contributed by atoms with E-state index in [1.165, 1.54) is 12.7 Å². The third-order valence-corrected chi connectivity index (χ3v) is 3.84. The molecule has 0 heterocycles. The molecular formula is C21H25NO5. The quantitative estimate of drug-likeness (QED) is 0.513. The number of rotatable bonds is 10. The highest BCUT2D eigenvalue weighted by atomic mass is 16.5. The van der Waals surface area contributed by atoms with Crippen molar-refractivity contribution in [3.63, 3.8) is 0 Å². The highest BCUT2D eigenvalue weighted by molar-refractivity contribution is 5.92. The molecule has 1 N–H and O–H groups in total. The van der Waals surface area contributed by atoms with Gasteiger partial charge in [0.2, 0.25) is 0 Å². The van der Waals surface area contributed by atoms with Crippen LogP contribution in [0.2, 0.25) is 0 Å². The molecule has 1 amide bonds. The average molecular weight is 371 g/mol. The fourth-order valence-corrected chi connectivity index (χ4v) is 2.50. The number of nitrogens with one attached hydrogen (secondary N) is 1. The summed E-state index contributed by atoms with van der Waals surface area (Å²) in [6.07, 6.45) is 1.70. The van der Waals surface area contributed by atoms with E-state index in [0.717, 1.165) is 12.8 Å². The molecule has 0 aliphatic heterocycles. The molecule has 0 saturated carbocycles. The molecule has 0 fully saturated rings. The number of carbonyl (C=O) groups is 2. The van der Waals surface area contributed by atoms with Crippen LogP contribution in [0, 0.1) is 0 Å². The summed E-state index contributed by atoms with van der Waals surface area (Å²) in [7, 11) is 1.53. The standard InChI is InChI=1S/C21H25NO5/c1-3-26-19-14-17(11-12-18(19)25-2)21(24)27-15-20(23)22-13-7-10-16-8-5-4-6-9-16/h4-6,8-9,11-12,14H,3,7,10,13,15H2,1-2H3,(H,22,23).